The average molecular weight is 277 g/mol. The quantitative estimate of drug-likeness (QED) is 0.658. The first-order valence-corrected chi connectivity index (χ1v) is 7.50. The van der Waals surface area contributed by atoms with E-state index in [4.69, 9.17) is 14.8 Å². The molecule has 2 N–H and O–H groups in total. The van der Waals surface area contributed by atoms with E-state index in [1.807, 2.05) is 6.07 Å². The monoisotopic (exact) mass is 277 g/mol. The van der Waals surface area contributed by atoms with Crippen molar-refractivity contribution in [2.45, 2.75) is 26.2 Å². The van der Waals surface area contributed by atoms with Crippen LogP contribution in [0.4, 0.5) is 0 Å². The minimum absolute atomic E-state index is 0.464. The summed E-state index contributed by atoms with van der Waals surface area (Å²) in [5.41, 5.74) is 0.464. The van der Waals surface area contributed by atoms with Gasteiger partial charge in [-0.3, -0.25) is 4.90 Å². The van der Waals surface area contributed by atoms with E-state index in [9.17, 15) is 0 Å². The summed E-state index contributed by atoms with van der Waals surface area (Å²) in [5, 5.41) is 18.3. The number of hydrogen-bond donors (Lipinski definition) is 2. The standard InChI is InChI=1S/C15H24BNO3/c1-2-8-17(12-13-6-7-13)9-10-20-15-5-3-4-14(11-15)16(18)19/h3-5,11,13,18-19H,2,6-10,12H2,1H3. The summed E-state index contributed by atoms with van der Waals surface area (Å²) in [7, 11) is -1.44. The van der Waals surface area contributed by atoms with Crippen molar-refractivity contribution >= 4 is 12.6 Å². The Morgan fingerprint density at radius 3 is 2.75 bits per heavy atom. The van der Waals surface area contributed by atoms with Crippen molar-refractivity contribution in [1.29, 1.82) is 0 Å². The first-order chi connectivity index (χ1) is 9.69. The van der Waals surface area contributed by atoms with Crippen molar-refractivity contribution in [3.05, 3.63) is 24.3 Å². The van der Waals surface area contributed by atoms with Gasteiger partial charge in [0.1, 0.15) is 12.4 Å². The van der Waals surface area contributed by atoms with E-state index < -0.39 is 7.12 Å². The van der Waals surface area contributed by atoms with E-state index >= 15 is 0 Å². The molecule has 0 atom stereocenters. The highest BCUT2D eigenvalue weighted by Crippen LogP contribution is 2.29. The number of benzene rings is 1. The summed E-state index contributed by atoms with van der Waals surface area (Å²) < 4.78 is 5.71. The van der Waals surface area contributed by atoms with Crippen LogP contribution in [-0.2, 0) is 0 Å². The fourth-order valence-electron chi connectivity index (χ4n) is 2.33. The minimum Gasteiger partial charge on any atom is -0.492 e. The van der Waals surface area contributed by atoms with Gasteiger partial charge in [0, 0.05) is 13.1 Å². The van der Waals surface area contributed by atoms with Gasteiger partial charge in [0.25, 0.3) is 0 Å². The molecule has 1 aromatic carbocycles. The predicted molar refractivity (Wildman–Crippen MR) is 81.2 cm³/mol. The van der Waals surface area contributed by atoms with E-state index in [-0.39, 0.29) is 0 Å². The van der Waals surface area contributed by atoms with Gasteiger partial charge in [-0.25, -0.2) is 0 Å². The molecule has 1 aliphatic rings. The first kappa shape index (κ1) is 15.4. The number of ether oxygens (including phenoxy) is 1. The van der Waals surface area contributed by atoms with Crippen molar-refractivity contribution in [2.75, 3.05) is 26.2 Å². The third-order valence-corrected chi connectivity index (χ3v) is 3.59. The molecular formula is C15H24BNO3. The first-order valence-electron chi connectivity index (χ1n) is 7.50. The molecule has 1 saturated carbocycles. The molecule has 0 saturated heterocycles. The Kier molecular flexibility index (Phi) is 5.89. The Morgan fingerprint density at radius 1 is 1.30 bits per heavy atom. The summed E-state index contributed by atoms with van der Waals surface area (Å²) in [5.74, 6) is 1.59. The fraction of sp³-hybridized carbons (Fsp3) is 0.600. The topological polar surface area (TPSA) is 52.9 Å². The fourth-order valence-corrected chi connectivity index (χ4v) is 2.33. The third-order valence-electron chi connectivity index (χ3n) is 3.59. The second-order valence-corrected chi connectivity index (χ2v) is 5.54. The smallest absolute Gasteiger partial charge is 0.488 e. The molecule has 0 unspecified atom stereocenters. The molecule has 0 spiro atoms. The SMILES string of the molecule is CCCN(CCOc1cccc(B(O)O)c1)CC1CC1. The van der Waals surface area contributed by atoms with Crippen molar-refractivity contribution in [3.63, 3.8) is 0 Å². The molecule has 0 bridgehead atoms. The van der Waals surface area contributed by atoms with Gasteiger partial charge in [-0.05, 0) is 49.3 Å². The number of nitrogens with zero attached hydrogens (tertiary/aromatic N) is 1. The van der Waals surface area contributed by atoms with Crippen LogP contribution >= 0.6 is 0 Å². The molecule has 0 heterocycles. The highest BCUT2D eigenvalue weighted by molar-refractivity contribution is 6.58. The number of hydrogen-bond acceptors (Lipinski definition) is 4. The number of rotatable bonds is 9. The zero-order valence-electron chi connectivity index (χ0n) is 12.2. The predicted octanol–water partition coefficient (Wildman–Crippen LogP) is 0.867. The summed E-state index contributed by atoms with van der Waals surface area (Å²) in [6.45, 7) is 6.07. The van der Waals surface area contributed by atoms with Crippen LogP contribution in [-0.4, -0.2) is 48.3 Å². The maximum absolute atomic E-state index is 9.13. The van der Waals surface area contributed by atoms with Crippen LogP contribution in [0.1, 0.15) is 26.2 Å². The molecule has 4 nitrogen and oxygen atoms in total. The molecule has 1 aromatic rings. The summed E-state index contributed by atoms with van der Waals surface area (Å²) in [6, 6.07) is 6.97. The van der Waals surface area contributed by atoms with Gasteiger partial charge in [0.15, 0.2) is 0 Å². The lowest BCUT2D eigenvalue weighted by atomic mass is 9.80. The largest absolute Gasteiger partial charge is 0.492 e. The average Bonchev–Trinajstić information content (AvgIpc) is 3.23. The van der Waals surface area contributed by atoms with Gasteiger partial charge in [-0.2, -0.15) is 0 Å². The van der Waals surface area contributed by atoms with Crippen LogP contribution in [0.5, 0.6) is 5.75 Å². The normalized spacial score (nSPS) is 14.6. The molecule has 0 aromatic heterocycles. The summed E-state index contributed by atoms with van der Waals surface area (Å²) in [4.78, 5) is 2.46. The van der Waals surface area contributed by atoms with E-state index in [2.05, 4.69) is 11.8 Å². The molecule has 0 radical (unpaired) electrons. The van der Waals surface area contributed by atoms with Crippen LogP contribution in [0.25, 0.3) is 0 Å². The zero-order chi connectivity index (χ0) is 14.4. The lowest BCUT2D eigenvalue weighted by Gasteiger charge is -2.21. The minimum atomic E-state index is -1.44. The van der Waals surface area contributed by atoms with Crippen LogP contribution in [0, 0.1) is 5.92 Å². The van der Waals surface area contributed by atoms with E-state index in [1.165, 1.54) is 25.8 Å². The molecule has 110 valence electrons. The highest BCUT2D eigenvalue weighted by Gasteiger charge is 2.23. The van der Waals surface area contributed by atoms with Crippen LogP contribution in [0.3, 0.4) is 0 Å². The Hall–Kier alpha value is -1.04. The van der Waals surface area contributed by atoms with Crippen LogP contribution in [0.15, 0.2) is 24.3 Å². The Morgan fingerprint density at radius 2 is 2.10 bits per heavy atom. The second-order valence-electron chi connectivity index (χ2n) is 5.54. The van der Waals surface area contributed by atoms with Gasteiger partial charge >= 0.3 is 7.12 Å². The summed E-state index contributed by atoms with van der Waals surface area (Å²) in [6.07, 6.45) is 3.91. The van der Waals surface area contributed by atoms with Gasteiger partial charge in [0.05, 0.1) is 0 Å². The maximum atomic E-state index is 9.13. The molecule has 2 rings (SSSR count). The second kappa shape index (κ2) is 7.67. The summed E-state index contributed by atoms with van der Waals surface area (Å²) >= 11 is 0. The molecule has 0 amide bonds. The lowest BCUT2D eigenvalue weighted by molar-refractivity contribution is 0.203. The van der Waals surface area contributed by atoms with Gasteiger partial charge in [-0.15, -0.1) is 0 Å². The van der Waals surface area contributed by atoms with Gasteiger partial charge in [-0.1, -0.05) is 19.1 Å². The van der Waals surface area contributed by atoms with Gasteiger partial charge < -0.3 is 14.8 Å². The Labute approximate surface area is 121 Å². The highest BCUT2D eigenvalue weighted by atomic mass is 16.5. The van der Waals surface area contributed by atoms with Crippen molar-refractivity contribution < 1.29 is 14.8 Å². The lowest BCUT2D eigenvalue weighted by Crippen LogP contribution is -2.32. The van der Waals surface area contributed by atoms with Gasteiger partial charge in [0.2, 0.25) is 0 Å². The van der Waals surface area contributed by atoms with E-state index in [0.717, 1.165) is 19.0 Å². The van der Waals surface area contributed by atoms with Crippen molar-refractivity contribution in [2.24, 2.45) is 5.92 Å². The van der Waals surface area contributed by atoms with Crippen LogP contribution in [0.2, 0.25) is 0 Å². The molecule has 20 heavy (non-hydrogen) atoms. The van der Waals surface area contributed by atoms with Crippen molar-refractivity contribution in [1.82, 2.24) is 4.90 Å². The van der Waals surface area contributed by atoms with Crippen LogP contribution < -0.4 is 10.2 Å². The molecule has 1 fully saturated rings. The maximum Gasteiger partial charge on any atom is 0.488 e. The molecule has 0 aliphatic heterocycles. The molecule has 1 aliphatic carbocycles. The van der Waals surface area contributed by atoms with E-state index in [0.29, 0.717) is 17.8 Å². The third kappa shape index (κ3) is 5.15. The van der Waals surface area contributed by atoms with Crippen molar-refractivity contribution in [3.8, 4) is 5.75 Å². The Balaban J connectivity index is 1.76. The molecular weight excluding hydrogens is 253 g/mol. The molecule has 5 heteroatoms. The zero-order valence-corrected chi connectivity index (χ0v) is 12.2. The van der Waals surface area contributed by atoms with E-state index in [1.54, 1.807) is 18.2 Å². The Bertz CT molecular complexity index is 410.